The molecule has 118 valence electrons. The first kappa shape index (κ1) is 17.5. The van der Waals surface area contributed by atoms with E-state index in [9.17, 15) is 4.79 Å². The Hall–Kier alpha value is -1.55. The average Bonchev–Trinajstić information content (AvgIpc) is 2.47. The van der Waals surface area contributed by atoms with E-state index in [0.717, 1.165) is 18.7 Å². The van der Waals surface area contributed by atoms with E-state index in [0.29, 0.717) is 13.0 Å². The summed E-state index contributed by atoms with van der Waals surface area (Å²) in [6, 6.07) is 6.04. The van der Waals surface area contributed by atoms with Crippen LogP contribution in [0, 0.1) is 13.8 Å². The molecule has 4 heteroatoms. The van der Waals surface area contributed by atoms with Gasteiger partial charge in [0.2, 0.25) is 0 Å². The van der Waals surface area contributed by atoms with Crippen molar-refractivity contribution in [1.29, 1.82) is 0 Å². The normalized spacial score (nSPS) is 13.6. The van der Waals surface area contributed by atoms with Crippen molar-refractivity contribution < 1.29 is 14.3 Å². The van der Waals surface area contributed by atoms with Crippen molar-refractivity contribution >= 4 is 5.97 Å². The van der Waals surface area contributed by atoms with Gasteiger partial charge < -0.3 is 14.8 Å². The number of aryl methyl sites for hydroxylation is 1. The molecule has 0 spiro atoms. The number of hydrogen-bond donors (Lipinski definition) is 1. The van der Waals surface area contributed by atoms with Crippen LogP contribution in [-0.2, 0) is 9.53 Å². The Morgan fingerprint density at radius 1 is 1.33 bits per heavy atom. The average molecular weight is 293 g/mol. The molecule has 1 unspecified atom stereocenters. The maximum absolute atomic E-state index is 11.9. The number of ether oxygens (including phenoxy) is 2. The molecule has 1 aromatic rings. The first-order valence-electron chi connectivity index (χ1n) is 7.47. The zero-order chi connectivity index (χ0) is 15.9. The molecular weight excluding hydrogens is 266 g/mol. The van der Waals surface area contributed by atoms with Gasteiger partial charge in [-0.3, -0.25) is 4.79 Å². The molecule has 0 fully saturated rings. The summed E-state index contributed by atoms with van der Waals surface area (Å²) < 4.78 is 10.7. The molecule has 1 rings (SSSR count). The Bertz CT molecular complexity index is 473. The minimum Gasteiger partial charge on any atom is -0.493 e. The largest absolute Gasteiger partial charge is 0.493 e. The first-order chi connectivity index (χ1) is 9.94. The van der Waals surface area contributed by atoms with E-state index < -0.39 is 5.54 Å². The van der Waals surface area contributed by atoms with E-state index in [1.165, 1.54) is 18.2 Å². The second kappa shape index (κ2) is 8.03. The van der Waals surface area contributed by atoms with E-state index in [4.69, 9.17) is 9.47 Å². The van der Waals surface area contributed by atoms with Gasteiger partial charge in [0.05, 0.1) is 13.7 Å². The fourth-order valence-corrected chi connectivity index (χ4v) is 2.37. The summed E-state index contributed by atoms with van der Waals surface area (Å²) >= 11 is 0. The summed E-state index contributed by atoms with van der Waals surface area (Å²) in [7, 11) is 1.42. The van der Waals surface area contributed by atoms with Gasteiger partial charge in [-0.25, -0.2) is 0 Å². The second-order valence-corrected chi connectivity index (χ2v) is 5.50. The topological polar surface area (TPSA) is 47.6 Å². The summed E-state index contributed by atoms with van der Waals surface area (Å²) in [5, 5.41) is 3.20. The van der Waals surface area contributed by atoms with Gasteiger partial charge in [0.25, 0.3) is 0 Å². The van der Waals surface area contributed by atoms with Crippen LogP contribution in [0.1, 0.15) is 37.8 Å². The summed E-state index contributed by atoms with van der Waals surface area (Å²) in [6.45, 7) is 9.29. The molecule has 0 bridgehead atoms. The van der Waals surface area contributed by atoms with Crippen LogP contribution in [0.3, 0.4) is 0 Å². The smallest absolute Gasteiger partial charge is 0.325 e. The summed E-state index contributed by atoms with van der Waals surface area (Å²) in [5.41, 5.74) is 1.74. The number of esters is 1. The number of carbonyl (C=O) groups excluding carboxylic acids is 1. The molecule has 21 heavy (non-hydrogen) atoms. The summed E-state index contributed by atoms with van der Waals surface area (Å²) in [5.74, 6) is 0.689. The minimum atomic E-state index is -0.644. The lowest BCUT2D eigenvalue weighted by atomic mass is 9.96. The molecule has 1 aromatic carbocycles. The highest BCUT2D eigenvalue weighted by Gasteiger charge is 2.32. The Morgan fingerprint density at radius 3 is 2.67 bits per heavy atom. The fraction of sp³-hybridized carbons (Fsp3) is 0.588. The molecule has 0 amide bonds. The van der Waals surface area contributed by atoms with Gasteiger partial charge >= 0.3 is 5.97 Å². The number of carbonyl (C=O) groups is 1. The van der Waals surface area contributed by atoms with Crippen LogP contribution in [0.25, 0.3) is 0 Å². The zero-order valence-electron chi connectivity index (χ0n) is 13.8. The van der Waals surface area contributed by atoms with Gasteiger partial charge in [-0.1, -0.05) is 19.1 Å². The number of hydrogen-bond acceptors (Lipinski definition) is 4. The van der Waals surface area contributed by atoms with Crippen molar-refractivity contribution in [3.8, 4) is 5.75 Å². The second-order valence-electron chi connectivity index (χ2n) is 5.50. The highest BCUT2D eigenvalue weighted by Crippen LogP contribution is 2.21. The van der Waals surface area contributed by atoms with Crippen molar-refractivity contribution in [2.75, 3.05) is 20.3 Å². The zero-order valence-corrected chi connectivity index (χ0v) is 13.8. The lowest BCUT2D eigenvalue weighted by Crippen LogP contribution is -2.50. The SMILES string of the molecule is CCNC(C)(CCCOc1cccc(C)c1C)C(=O)OC. The molecule has 0 aliphatic carbocycles. The number of nitrogens with one attached hydrogen (secondary N) is 1. The van der Waals surface area contributed by atoms with E-state index in [-0.39, 0.29) is 5.97 Å². The molecule has 1 N–H and O–H groups in total. The number of rotatable bonds is 8. The molecule has 4 nitrogen and oxygen atoms in total. The summed E-state index contributed by atoms with van der Waals surface area (Å²) in [6.07, 6.45) is 1.46. The molecule has 1 atom stereocenters. The van der Waals surface area contributed by atoms with Crippen molar-refractivity contribution in [1.82, 2.24) is 5.32 Å². The van der Waals surface area contributed by atoms with Crippen molar-refractivity contribution in [2.24, 2.45) is 0 Å². The molecule has 0 heterocycles. The van der Waals surface area contributed by atoms with E-state index in [1.54, 1.807) is 0 Å². The third-order valence-corrected chi connectivity index (χ3v) is 3.84. The monoisotopic (exact) mass is 293 g/mol. The fourth-order valence-electron chi connectivity index (χ4n) is 2.37. The minimum absolute atomic E-state index is 0.226. The Kier molecular flexibility index (Phi) is 6.69. The van der Waals surface area contributed by atoms with Gasteiger partial charge in [0.1, 0.15) is 11.3 Å². The molecule has 0 saturated carbocycles. The lowest BCUT2D eigenvalue weighted by molar-refractivity contribution is -0.148. The van der Waals surface area contributed by atoms with Crippen molar-refractivity contribution in [2.45, 2.75) is 46.1 Å². The quantitative estimate of drug-likeness (QED) is 0.591. The maximum Gasteiger partial charge on any atom is 0.325 e. The Morgan fingerprint density at radius 2 is 2.05 bits per heavy atom. The van der Waals surface area contributed by atoms with Crippen LogP contribution in [0.2, 0.25) is 0 Å². The van der Waals surface area contributed by atoms with Crippen LogP contribution in [0.15, 0.2) is 18.2 Å². The number of methoxy groups -OCH3 is 1. The molecular formula is C17H27NO3. The highest BCUT2D eigenvalue weighted by molar-refractivity contribution is 5.80. The molecule has 0 aliphatic heterocycles. The molecule has 0 aromatic heterocycles. The lowest BCUT2D eigenvalue weighted by Gasteiger charge is -2.27. The molecule has 0 saturated heterocycles. The van der Waals surface area contributed by atoms with Crippen molar-refractivity contribution in [3.63, 3.8) is 0 Å². The Labute approximate surface area is 127 Å². The van der Waals surface area contributed by atoms with Crippen LogP contribution >= 0.6 is 0 Å². The van der Waals surface area contributed by atoms with E-state index >= 15 is 0 Å². The predicted molar refractivity (Wildman–Crippen MR) is 84.7 cm³/mol. The number of benzene rings is 1. The van der Waals surface area contributed by atoms with Crippen molar-refractivity contribution in [3.05, 3.63) is 29.3 Å². The van der Waals surface area contributed by atoms with Gasteiger partial charge in [-0.05, 0) is 57.4 Å². The van der Waals surface area contributed by atoms with Crippen LogP contribution in [0.4, 0.5) is 0 Å². The first-order valence-corrected chi connectivity index (χ1v) is 7.47. The van der Waals surface area contributed by atoms with E-state index in [2.05, 4.69) is 25.2 Å². The van der Waals surface area contributed by atoms with Crippen LogP contribution < -0.4 is 10.1 Å². The van der Waals surface area contributed by atoms with E-state index in [1.807, 2.05) is 26.0 Å². The number of likely N-dealkylation sites (N-methyl/N-ethyl adjacent to an activating group) is 1. The third-order valence-electron chi connectivity index (χ3n) is 3.84. The van der Waals surface area contributed by atoms with Crippen LogP contribution in [0.5, 0.6) is 5.75 Å². The van der Waals surface area contributed by atoms with Crippen LogP contribution in [-0.4, -0.2) is 31.8 Å². The standard InChI is InChI=1S/C17H27NO3/c1-6-18-17(4,16(19)20-5)11-8-12-21-15-10-7-9-13(2)14(15)3/h7,9-10,18H,6,8,11-12H2,1-5H3. The van der Waals surface area contributed by atoms with Gasteiger partial charge in [-0.2, -0.15) is 0 Å². The predicted octanol–water partition coefficient (Wildman–Crippen LogP) is 3.00. The van der Waals surface area contributed by atoms with Gasteiger partial charge in [-0.15, -0.1) is 0 Å². The van der Waals surface area contributed by atoms with Gasteiger partial charge in [0.15, 0.2) is 0 Å². The molecule has 0 aliphatic rings. The van der Waals surface area contributed by atoms with Gasteiger partial charge in [0, 0.05) is 0 Å². The maximum atomic E-state index is 11.9. The molecule has 0 radical (unpaired) electrons. The highest BCUT2D eigenvalue weighted by atomic mass is 16.5. The summed E-state index contributed by atoms with van der Waals surface area (Å²) in [4.78, 5) is 11.9. The Balaban J connectivity index is 2.51. The third kappa shape index (κ3) is 4.74.